The van der Waals surface area contributed by atoms with Gasteiger partial charge in [-0.3, -0.25) is 14.3 Å². The lowest BCUT2D eigenvalue weighted by atomic mass is 10.1. The van der Waals surface area contributed by atoms with Crippen LogP contribution in [-0.4, -0.2) is 20.2 Å². The van der Waals surface area contributed by atoms with E-state index < -0.39 is 21.7 Å². The Morgan fingerprint density at radius 2 is 1.65 bits per heavy atom. The number of amides is 2. The molecule has 0 aliphatic rings. The second-order valence-corrected chi connectivity index (χ2v) is 9.82. The monoisotopic (exact) mass is 483 g/mol. The average molecular weight is 484 g/mol. The molecule has 0 aromatic heterocycles. The molecule has 3 N–H and O–H groups in total. The van der Waals surface area contributed by atoms with Crippen LogP contribution in [0.25, 0.3) is 0 Å². The van der Waals surface area contributed by atoms with Gasteiger partial charge in [0, 0.05) is 18.7 Å². The van der Waals surface area contributed by atoms with E-state index in [0.29, 0.717) is 12.1 Å². The van der Waals surface area contributed by atoms with Gasteiger partial charge in [-0.15, -0.1) is 0 Å². The number of rotatable bonds is 9. The number of benzene rings is 3. The first kappa shape index (κ1) is 24.9. The van der Waals surface area contributed by atoms with Crippen molar-refractivity contribution in [2.45, 2.75) is 31.7 Å². The van der Waals surface area contributed by atoms with Crippen LogP contribution in [0.4, 0.5) is 15.8 Å². The van der Waals surface area contributed by atoms with Gasteiger partial charge in [0.2, 0.25) is 5.91 Å². The summed E-state index contributed by atoms with van der Waals surface area (Å²) >= 11 is 0. The lowest BCUT2D eigenvalue weighted by Crippen LogP contribution is -2.25. The lowest BCUT2D eigenvalue weighted by molar-refractivity contribution is -0.116. The van der Waals surface area contributed by atoms with E-state index in [2.05, 4.69) is 15.4 Å². The van der Waals surface area contributed by atoms with Gasteiger partial charge in [-0.1, -0.05) is 38.1 Å². The SMILES string of the molecule is CC(C)CC(=O)Nc1cccc(CNC(=O)c2ccccc2NS(=O)(=O)c2ccc(F)cc2)c1. The maximum atomic E-state index is 13.1. The summed E-state index contributed by atoms with van der Waals surface area (Å²) in [6.45, 7) is 4.10. The molecule has 0 radical (unpaired) electrons. The van der Waals surface area contributed by atoms with E-state index in [-0.39, 0.29) is 34.5 Å². The molecule has 7 nitrogen and oxygen atoms in total. The molecular weight excluding hydrogens is 457 g/mol. The van der Waals surface area contributed by atoms with Gasteiger partial charge in [-0.25, -0.2) is 12.8 Å². The minimum absolute atomic E-state index is 0.0847. The molecule has 3 aromatic rings. The summed E-state index contributed by atoms with van der Waals surface area (Å²) in [6, 6.07) is 17.7. The zero-order valence-electron chi connectivity index (χ0n) is 18.8. The second kappa shape index (κ2) is 10.9. The van der Waals surface area contributed by atoms with Gasteiger partial charge in [-0.05, 0) is 60.0 Å². The molecule has 0 unspecified atom stereocenters. The normalized spacial score (nSPS) is 11.2. The molecule has 3 rings (SSSR count). The van der Waals surface area contributed by atoms with E-state index in [1.54, 1.807) is 30.3 Å². The summed E-state index contributed by atoms with van der Waals surface area (Å²) in [4.78, 5) is 24.7. The van der Waals surface area contributed by atoms with Crippen molar-refractivity contribution in [2.24, 2.45) is 5.92 Å². The Hall–Kier alpha value is -3.72. The first-order valence-corrected chi connectivity index (χ1v) is 12.2. The van der Waals surface area contributed by atoms with Crippen LogP contribution in [0, 0.1) is 11.7 Å². The quantitative estimate of drug-likeness (QED) is 0.416. The highest BCUT2D eigenvalue weighted by molar-refractivity contribution is 7.92. The van der Waals surface area contributed by atoms with Gasteiger partial charge in [-0.2, -0.15) is 0 Å². The molecule has 2 amide bonds. The standard InChI is InChI=1S/C25H26FN3O4S/c1-17(2)14-24(30)28-20-7-5-6-18(15-20)16-27-25(31)22-8-3-4-9-23(22)29-34(32,33)21-12-10-19(26)11-13-21/h3-13,15,17,29H,14,16H2,1-2H3,(H,27,31)(H,28,30). The predicted molar refractivity (Wildman–Crippen MR) is 129 cm³/mol. The molecule has 0 spiro atoms. The highest BCUT2D eigenvalue weighted by atomic mass is 32.2. The average Bonchev–Trinajstić information content (AvgIpc) is 2.77. The largest absolute Gasteiger partial charge is 0.348 e. The highest BCUT2D eigenvalue weighted by Crippen LogP contribution is 2.21. The summed E-state index contributed by atoms with van der Waals surface area (Å²) in [5.74, 6) is -0.879. The van der Waals surface area contributed by atoms with Crippen molar-refractivity contribution in [1.29, 1.82) is 0 Å². The molecule has 0 saturated heterocycles. The number of halogens is 1. The van der Waals surface area contributed by atoms with Crippen LogP contribution < -0.4 is 15.4 Å². The van der Waals surface area contributed by atoms with E-state index in [1.807, 2.05) is 19.9 Å². The molecule has 0 fully saturated rings. The Labute approximate surface area is 198 Å². The van der Waals surface area contributed by atoms with Gasteiger partial charge in [0.25, 0.3) is 15.9 Å². The van der Waals surface area contributed by atoms with Gasteiger partial charge >= 0.3 is 0 Å². The lowest BCUT2D eigenvalue weighted by Gasteiger charge is -2.13. The van der Waals surface area contributed by atoms with Crippen LogP contribution in [0.2, 0.25) is 0 Å². The number of anilines is 2. The van der Waals surface area contributed by atoms with Crippen LogP contribution in [-0.2, 0) is 21.4 Å². The van der Waals surface area contributed by atoms with Gasteiger partial charge in [0.05, 0.1) is 16.1 Å². The van der Waals surface area contributed by atoms with Crippen LogP contribution in [0.5, 0.6) is 0 Å². The molecule has 0 atom stereocenters. The number of nitrogens with one attached hydrogen (secondary N) is 3. The van der Waals surface area contributed by atoms with Crippen LogP contribution >= 0.6 is 0 Å². The van der Waals surface area contributed by atoms with Crippen molar-refractivity contribution < 1.29 is 22.4 Å². The van der Waals surface area contributed by atoms with Crippen molar-refractivity contribution in [2.75, 3.05) is 10.0 Å². The Kier molecular flexibility index (Phi) is 8.01. The molecule has 0 aliphatic heterocycles. The Bertz CT molecular complexity index is 1280. The number of para-hydroxylation sites is 1. The van der Waals surface area contributed by atoms with E-state index in [0.717, 1.165) is 29.8 Å². The Balaban J connectivity index is 1.69. The third kappa shape index (κ3) is 6.89. The zero-order chi connectivity index (χ0) is 24.7. The maximum Gasteiger partial charge on any atom is 0.261 e. The van der Waals surface area contributed by atoms with Crippen LogP contribution in [0.3, 0.4) is 0 Å². The van der Waals surface area contributed by atoms with Crippen molar-refractivity contribution in [1.82, 2.24) is 5.32 Å². The first-order valence-electron chi connectivity index (χ1n) is 10.7. The molecule has 3 aromatic carbocycles. The van der Waals surface area contributed by atoms with Crippen LogP contribution in [0.1, 0.15) is 36.2 Å². The molecule has 0 saturated carbocycles. The molecule has 178 valence electrons. The molecule has 0 aliphatic carbocycles. The number of sulfonamides is 1. The molecule has 0 heterocycles. The fourth-order valence-corrected chi connectivity index (χ4v) is 4.29. The summed E-state index contributed by atoms with van der Waals surface area (Å²) < 4.78 is 40.9. The van der Waals surface area contributed by atoms with Gasteiger partial charge in [0.15, 0.2) is 0 Å². The van der Waals surface area contributed by atoms with E-state index >= 15 is 0 Å². The van der Waals surface area contributed by atoms with Gasteiger partial charge < -0.3 is 10.6 Å². The number of carbonyl (C=O) groups is 2. The third-order valence-corrected chi connectivity index (χ3v) is 6.18. The van der Waals surface area contributed by atoms with Crippen molar-refractivity contribution >= 4 is 33.2 Å². The summed E-state index contributed by atoms with van der Waals surface area (Å²) in [5.41, 5.74) is 1.62. The predicted octanol–water partition coefficient (Wildman–Crippen LogP) is 4.54. The summed E-state index contributed by atoms with van der Waals surface area (Å²) in [7, 11) is -4.02. The fourth-order valence-electron chi connectivity index (χ4n) is 3.21. The van der Waals surface area contributed by atoms with Gasteiger partial charge in [0.1, 0.15) is 5.82 Å². The second-order valence-electron chi connectivity index (χ2n) is 8.13. The molecule has 9 heteroatoms. The van der Waals surface area contributed by atoms with Crippen molar-refractivity contribution in [3.8, 4) is 0 Å². The number of hydrogen-bond donors (Lipinski definition) is 3. The Morgan fingerprint density at radius 3 is 2.35 bits per heavy atom. The topological polar surface area (TPSA) is 104 Å². The third-order valence-electron chi connectivity index (χ3n) is 4.80. The minimum atomic E-state index is -4.02. The molecule has 0 bridgehead atoms. The molecule has 34 heavy (non-hydrogen) atoms. The first-order chi connectivity index (χ1) is 16.1. The summed E-state index contributed by atoms with van der Waals surface area (Å²) in [6.07, 6.45) is 0.408. The Morgan fingerprint density at radius 1 is 0.941 bits per heavy atom. The smallest absolute Gasteiger partial charge is 0.261 e. The highest BCUT2D eigenvalue weighted by Gasteiger charge is 2.18. The van der Waals surface area contributed by atoms with Crippen molar-refractivity contribution in [3.63, 3.8) is 0 Å². The maximum absolute atomic E-state index is 13.1. The van der Waals surface area contributed by atoms with Crippen molar-refractivity contribution in [3.05, 3.63) is 89.7 Å². The number of carbonyl (C=O) groups excluding carboxylic acids is 2. The summed E-state index contributed by atoms with van der Waals surface area (Å²) in [5, 5.41) is 5.60. The van der Waals surface area contributed by atoms with Crippen LogP contribution in [0.15, 0.2) is 77.7 Å². The van der Waals surface area contributed by atoms with E-state index in [9.17, 15) is 22.4 Å². The minimum Gasteiger partial charge on any atom is -0.348 e. The van der Waals surface area contributed by atoms with E-state index in [4.69, 9.17) is 0 Å². The molecular formula is C25H26FN3O4S. The van der Waals surface area contributed by atoms with E-state index in [1.165, 1.54) is 12.1 Å². The fraction of sp³-hybridized carbons (Fsp3) is 0.200. The zero-order valence-corrected chi connectivity index (χ0v) is 19.7. The number of hydrogen-bond acceptors (Lipinski definition) is 4.